The molecule has 0 saturated carbocycles. The third kappa shape index (κ3) is 11.1. The van der Waals surface area contributed by atoms with Crippen molar-refractivity contribution in [1.82, 2.24) is 15.5 Å². The average molecular weight is 352 g/mol. The van der Waals surface area contributed by atoms with Crippen molar-refractivity contribution >= 4 is 5.91 Å². The van der Waals surface area contributed by atoms with E-state index in [1.165, 1.54) is 64.2 Å². The predicted molar refractivity (Wildman–Crippen MR) is 107 cm³/mol. The normalized spacial score (nSPS) is 16.2. The molecule has 25 heavy (non-hydrogen) atoms. The molecule has 1 aliphatic heterocycles. The van der Waals surface area contributed by atoms with E-state index in [1.807, 2.05) is 6.20 Å². The maximum Gasteiger partial charge on any atom is 0.220 e. The quantitative estimate of drug-likeness (QED) is 0.388. The molecule has 0 aromatic carbocycles. The standard InChI is InChI=1S/C21H41N3O/c1-3-5-7-8-9-10-11-12-13-15-21(25)23-17-19-24-18-16-22-20(24)14-6-4-2/h16,18,20,22H,3-15,17,19H2,1-2H3,(H,23,25). The molecule has 0 fully saturated rings. The van der Waals surface area contributed by atoms with Crippen LogP contribution in [0, 0.1) is 0 Å². The van der Waals surface area contributed by atoms with Crippen LogP contribution in [0.3, 0.4) is 0 Å². The molecule has 0 aliphatic carbocycles. The molecule has 1 heterocycles. The molecule has 1 rings (SSSR count). The highest BCUT2D eigenvalue weighted by molar-refractivity contribution is 5.75. The van der Waals surface area contributed by atoms with E-state index in [4.69, 9.17) is 0 Å². The van der Waals surface area contributed by atoms with Gasteiger partial charge in [0.25, 0.3) is 0 Å². The number of nitrogens with zero attached hydrogens (tertiary/aromatic N) is 1. The summed E-state index contributed by atoms with van der Waals surface area (Å²) in [6.07, 6.45) is 20.5. The highest BCUT2D eigenvalue weighted by Gasteiger charge is 2.17. The number of carbonyl (C=O) groups excluding carboxylic acids is 1. The molecule has 0 spiro atoms. The van der Waals surface area contributed by atoms with Crippen LogP contribution in [-0.4, -0.2) is 30.1 Å². The van der Waals surface area contributed by atoms with Crippen molar-refractivity contribution in [1.29, 1.82) is 0 Å². The SMILES string of the molecule is CCCCCCCCCCCC(=O)NCCN1C=CNC1CCCC. The Hall–Kier alpha value is -1.19. The second-order valence-electron chi connectivity index (χ2n) is 7.31. The van der Waals surface area contributed by atoms with Gasteiger partial charge in [0.15, 0.2) is 0 Å². The van der Waals surface area contributed by atoms with Crippen LogP contribution in [-0.2, 0) is 4.79 Å². The fraction of sp³-hybridized carbons (Fsp3) is 0.857. The molecule has 1 unspecified atom stereocenters. The zero-order valence-corrected chi connectivity index (χ0v) is 16.7. The van der Waals surface area contributed by atoms with Crippen LogP contribution >= 0.6 is 0 Å². The largest absolute Gasteiger partial charge is 0.370 e. The summed E-state index contributed by atoms with van der Waals surface area (Å²) in [7, 11) is 0. The van der Waals surface area contributed by atoms with Crippen molar-refractivity contribution in [2.75, 3.05) is 13.1 Å². The lowest BCUT2D eigenvalue weighted by molar-refractivity contribution is -0.121. The molecule has 0 radical (unpaired) electrons. The van der Waals surface area contributed by atoms with Gasteiger partial charge in [0.05, 0.1) is 6.17 Å². The molecule has 0 aromatic heterocycles. The first-order valence-corrected chi connectivity index (χ1v) is 10.7. The van der Waals surface area contributed by atoms with Crippen molar-refractivity contribution in [2.24, 2.45) is 0 Å². The fourth-order valence-corrected chi connectivity index (χ4v) is 3.34. The van der Waals surface area contributed by atoms with Gasteiger partial charge in [-0.2, -0.15) is 0 Å². The van der Waals surface area contributed by atoms with Crippen LogP contribution in [0.15, 0.2) is 12.4 Å². The molecule has 0 aromatic rings. The van der Waals surface area contributed by atoms with Crippen LogP contribution in [0.1, 0.15) is 97.3 Å². The van der Waals surface area contributed by atoms with Crippen LogP contribution in [0.2, 0.25) is 0 Å². The Balaban J connectivity index is 1.92. The molecule has 146 valence electrons. The first-order valence-electron chi connectivity index (χ1n) is 10.7. The molecule has 2 N–H and O–H groups in total. The molecule has 4 nitrogen and oxygen atoms in total. The summed E-state index contributed by atoms with van der Waals surface area (Å²) in [6.45, 7) is 6.11. The van der Waals surface area contributed by atoms with Crippen LogP contribution in [0.4, 0.5) is 0 Å². The minimum absolute atomic E-state index is 0.212. The Kier molecular flexibility index (Phi) is 13.2. The Morgan fingerprint density at radius 2 is 1.60 bits per heavy atom. The van der Waals surface area contributed by atoms with Gasteiger partial charge >= 0.3 is 0 Å². The maximum absolute atomic E-state index is 11.9. The van der Waals surface area contributed by atoms with Crippen molar-refractivity contribution < 1.29 is 4.79 Å². The topological polar surface area (TPSA) is 44.4 Å². The molecule has 1 aliphatic rings. The predicted octanol–water partition coefficient (Wildman–Crippen LogP) is 4.92. The minimum Gasteiger partial charge on any atom is -0.370 e. The average Bonchev–Trinajstić information content (AvgIpc) is 3.06. The summed E-state index contributed by atoms with van der Waals surface area (Å²) < 4.78 is 0. The van der Waals surface area contributed by atoms with E-state index in [0.29, 0.717) is 12.6 Å². The third-order valence-electron chi connectivity index (χ3n) is 4.99. The van der Waals surface area contributed by atoms with Gasteiger partial charge in [-0.25, -0.2) is 0 Å². The molecular formula is C21H41N3O. The maximum atomic E-state index is 11.9. The Morgan fingerprint density at radius 3 is 2.28 bits per heavy atom. The van der Waals surface area contributed by atoms with Gasteiger partial charge in [-0.1, -0.05) is 71.6 Å². The van der Waals surface area contributed by atoms with Crippen molar-refractivity contribution in [2.45, 2.75) is 103 Å². The Morgan fingerprint density at radius 1 is 0.960 bits per heavy atom. The number of hydrogen-bond donors (Lipinski definition) is 2. The summed E-state index contributed by atoms with van der Waals surface area (Å²) in [5.74, 6) is 0.212. The number of unbranched alkanes of at least 4 members (excludes halogenated alkanes) is 9. The monoisotopic (exact) mass is 351 g/mol. The van der Waals surface area contributed by atoms with Gasteiger partial charge in [0.1, 0.15) is 0 Å². The van der Waals surface area contributed by atoms with E-state index in [-0.39, 0.29) is 5.91 Å². The van der Waals surface area contributed by atoms with Crippen molar-refractivity contribution in [3.63, 3.8) is 0 Å². The molecule has 0 bridgehead atoms. The van der Waals surface area contributed by atoms with E-state index >= 15 is 0 Å². The molecule has 0 saturated heterocycles. The van der Waals surface area contributed by atoms with E-state index < -0.39 is 0 Å². The van der Waals surface area contributed by atoms with Crippen LogP contribution in [0.5, 0.6) is 0 Å². The van der Waals surface area contributed by atoms with Gasteiger partial charge in [-0.15, -0.1) is 0 Å². The first kappa shape index (κ1) is 21.9. The number of amides is 1. The summed E-state index contributed by atoms with van der Waals surface area (Å²) in [5, 5.41) is 6.45. The van der Waals surface area contributed by atoms with E-state index in [9.17, 15) is 4.79 Å². The van der Waals surface area contributed by atoms with Gasteiger partial charge < -0.3 is 15.5 Å². The second kappa shape index (κ2) is 15.1. The van der Waals surface area contributed by atoms with Gasteiger partial charge in [0, 0.05) is 31.9 Å². The van der Waals surface area contributed by atoms with Crippen molar-refractivity contribution in [3.8, 4) is 0 Å². The molecular weight excluding hydrogens is 310 g/mol. The number of nitrogens with one attached hydrogen (secondary N) is 2. The van der Waals surface area contributed by atoms with E-state index in [2.05, 4.69) is 35.6 Å². The summed E-state index contributed by atoms with van der Waals surface area (Å²) >= 11 is 0. The zero-order valence-electron chi connectivity index (χ0n) is 16.7. The smallest absolute Gasteiger partial charge is 0.220 e. The van der Waals surface area contributed by atoms with Crippen LogP contribution in [0.25, 0.3) is 0 Å². The van der Waals surface area contributed by atoms with Gasteiger partial charge in [-0.05, 0) is 19.3 Å². The number of carbonyl (C=O) groups is 1. The first-order chi connectivity index (χ1) is 12.3. The van der Waals surface area contributed by atoms with Crippen LogP contribution < -0.4 is 10.6 Å². The molecule has 1 atom stereocenters. The van der Waals surface area contributed by atoms with E-state index in [0.717, 1.165) is 25.9 Å². The zero-order chi connectivity index (χ0) is 18.2. The van der Waals surface area contributed by atoms with Gasteiger partial charge in [0.2, 0.25) is 5.91 Å². The summed E-state index contributed by atoms with van der Waals surface area (Å²) in [5.41, 5.74) is 0. The van der Waals surface area contributed by atoms with Crippen molar-refractivity contribution in [3.05, 3.63) is 12.4 Å². The number of rotatable bonds is 16. The second-order valence-corrected chi connectivity index (χ2v) is 7.31. The Bertz CT molecular complexity index is 357. The molecule has 1 amide bonds. The highest BCUT2D eigenvalue weighted by Crippen LogP contribution is 2.12. The third-order valence-corrected chi connectivity index (χ3v) is 4.99. The van der Waals surface area contributed by atoms with E-state index in [1.54, 1.807) is 0 Å². The lowest BCUT2D eigenvalue weighted by atomic mass is 10.1. The Labute approximate surface area is 155 Å². The minimum atomic E-state index is 0.212. The number of hydrogen-bond acceptors (Lipinski definition) is 3. The summed E-state index contributed by atoms with van der Waals surface area (Å²) in [6, 6.07) is 0. The fourth-order valence-electron chi connectivity index (χ4n) is 3.34. The summed E-state index contributed by atoms with van der Waals surface area (Å²) in [4.78, 5) is 14.2. The highest BCUT2D eigenvalue weighted by atomic mass is 16.1. The lowest BCUT2D eigenvalue weighted by Gasteiger charge is -2.25. The van der Waals surface area contributed by atoms with Gasteiger partial charge in [-0.3, -0.25) is 4.79 Å². The molecule has 4 heteroatoms. The lowest BCUT2D eigenvalue weighted by Crippen LogP contribution is -2.40.